The number of carbonyl (C=O) groups is 3. The Morgan fingerprint density at radius 3 is 1.95 bits per heavy atom. The summed E-state index contributed by atoms with van der Waals surface area (Å²) in [6, 6.07) is 20.3. The monoisotopic (exact) mass is 507 g/mol. The Balaban J connectivity index is 1.24. The van der Waals surface area contributed by atoms with Crippen molar-refractivity contribution in [2.24, 2.45) is 0 Å². The second-order valence-electron chi connectivity index (χ2n) is 10.0. The molecular weight excluding hydrogens is 478 g/mol. The number of amides is 2. The van der Waals surface area contributed by atoms with Crippen LogP contribution in [0.3, 0.4) is 0 Å². The number of aliphatic hydroxyl groups excluding tert-OH is 1. The number of nitrogens with zero attached hydrogens (tertiary/aromatic N) is 1. The van der Waals surface area contributed by atoms with Crippen LogP contribution in [0.2, 0.25) is 0 Å². The summed E-state index contributed by atoms with van der Waals surface area (Å²) in [4.78, 5) is 40.2. The summed E-state index contributed by atoms with van der Waals surface area (Å²) >= 11 is 0. The lowest BCUT2D eigenvalue weighted by Gasteiger charge is -2.28. The smallest absolute Gasteiger partial charge is 0.305 e. The molecule has 6 nitrogen and oxygen atoms in total. The summed E-state index contributed by atoms with van der Waals surface area (Å²) in [5.41, 5.74) is 1.11. The van der Waals surface area contributed by atoms with Crippen LogP contribution in [-0.4, -0.2) is 47.5 Å². The van der Waals surface area contributed by atoms with Gasteiger partial charge in [0.1, 0.15) is 0 Å². The first-order chi connectivity index (χ1) is 18.6. The Kier molecular flexibility index (Phi) is 6.42. The predicted octanol–water partition coefficient (Wildman–Crippen LogP) is 6.21. The van der Waals surface area contributed by atoms with Crippen LogP contribution in [-0.2, 0) is 9.53 Å². The first-order valence-electron chi connectivity index (χ1n) is 13.3. The number of fused-ring (bicyclic) bond motifs is 2. The number of carbonyl (C=O) groups excluding carboxylic acids is 3. The number of rotatable bonds is 10. The summed E-state index contributed by atoms with van der Waals surface area (Å²) < 4.78 is 5.28. The summed E-state index contributed by atoms with van der Waals surface area (Å²) in [7, 11) is 0. The van der Waals surface area contributed by atoms with Crippen LogP contribution in [0.1, 0.15) is 59.2 Å². The first kappa shape index (κ1) is 24.3. The van der Waals surface area contributed by atoms with Gasteiger partial charge in [-0.15, -0.1) is 0 Å². The highest BCUT2D eigenvalue weighted by molar-refractivity contribution is 6.38. The normalized spacial score (nSPS) is 13.4. The van der Waals surface area contributed by atoms with Crippen LogP contribution in [0.15, 0.2) is 60.7 Å². The van der Waals surface area contributed by atoms with Crippen molar-refractivity contribution in [2.45, 2.75) is 38.5 Å². The fourth-order valence-corrected chi connectivity index (χ4v) is 5.86. The van der Waals surface area contributed by atoms with Gasteiger partial charge in [0, 0.05) is 36.1 Å². The zero-order chi connectivity index (χ0) is 26.2. The largest absolute Gasteiger partial charge is 0.466 e. The van der Waals surface area contributed by atoms with Crippen molar-refractivity contribution >= 4 is 60.9 Å². The third-order valence-electron chi connectivity index (χ3n) is 7.67. The molecule has 0 bridgehead atoms. The Hall–Kier alpha value is -4.03. The molecule has 192 valence electrons. The van der Waals surface area contributed by atoms with E-state index >= 15 is 0 Å². The van der Waals surface area contributed by atoms with Gasteiger partial charge in [-0.05, 0) is 75.5 Å². The number of hydrogen-bond acceptors (Lipinski definition) is 5. The van der Waals surface area contributed by atoms with Crippen LogP contribution >= 0.6 is 0 Å². The lowest BCUT2D eigenvalue weighted by Crippen LogP contribution is -2.41. The van der Waals surface area contributed by atoms with Crippen molar-refractivity contribution in [1.82, 2.24) is 4.90 Å². The van der Waals surface area contributed by atoms with Crippen LogP contribution in [0.4, 0.5) is 0 Å². The zero-order valence-electron chi connectivity index (χ0n) is 21.2. The van der Waals surface area contributed by atoms with Crippen molar-refractivity contribution in [3.63, 3.8) is 0 Å². The maximum absolute atomic E-state index is 13.5. The minimum absolute atomic E-state index is 0.134. The number of hydrogen-bond donors (Lipinski definition) is 1. The molecule has 5 aromatic carbocycles. The van der Waals surface area contributed by atoms with Gasteiger partial charge < -0.3 is 9.84 Å². The maximum atomic E-state index is 13.5. The quantitative estimate of drug-likeness (QED) is 0.0799. The Morgan fingerprint density at radius 1 is 0.684 bits per heavy atom. The highest BCUT2D eigenvalue weighted by Gasteiger charge is 2.33. The van der Waals surface area contributed by atoms with Crippen molar-refractivity contribution in [3.8, 4) is 0 Å². The molecule has 6 heteroatoms. The van der Waals surface area contributed by atoms with Crippen molar-refractivity contribution in [3.05, 3.63) is 71.8 Å². The van der Waals surface area contributed by atoms with Gasteiger partial charge in [-0.2, -0.15) is 0 Å². The Labute approximate surface area is 220 Å². The van der Waals surface area contributed by atoms with Gasteiger partial charge in [0.15, 0.2) is 0 Å². The van der Waals surface area contributed by atoms with Crippen molar-refractivity contribution < 1.29 is 24.2 Å². The molecule has 1 aliphatic heterocycles. The highest BCUT2D eigenvalue weighted by atomic mass is 16.5. The third kappa shape index (κ3) is 3.96. The van der Waals surface area contributed by atoms with Gasteiger partial charge in [0.2, 0.25) is 0 Å². The van der Waals surface area contributed by atoms with E-state index < -0.39 is 0 Å². The number of benzene rings is 5. The second-order valence-corrected chi connectivity index (χ2v) is 10.0. The molecule has 6 rings (SSSR count). The zero-order valence-corrected chi connectivity index (χ0v) is 21.2. The van der Waals surface area contributed by atoms with Crippen molar-refractivity contribution in [1.29, 1.82) is 0 Å². The molecule has 38 heavy (non-hydrogen) atoms. The van der Waals surface area contributed by atoms with E-state index in [0.717, 1.165) is 38.7 Å². The van der Waals surface area contributed by atoms with E-state index in [1.54, 1.807) is 0 Å². The number of unbranched alkanes of at least 4 members (excludes halogenated alkanes) is 3. The molecule has 1 heterocycles. The van der Waals surface area contributed by atoms with Gasteiger partial charge in [0.25, 0.3) is 11.8 Å². The van der Waals surface area contributed by atoms with Gasteiger partial charge >= 0.3 is 5.97 Å². The van der Waals surface area contributed by atoms with E-state index in [2.05, 4.69) is 36.4 Å². The number of esters is 1. The molecule has 0 saturated heterocycles. The molecule has 0 spiro atoms. The Bertz CT molecular complexity index is 1610. The summed E-state index contributed by atoms with van der Waals surface area (Å²) in [6.45, 7) is 0.673. The summed E-state index contributed by atoms with van der Waals surface area (Å²) in [5.74, 6) is -0.799. The SMILES string of the molecule is O=C(CCCCCO)OCCCCN1C(=O)c2ccc3c4cccc5cccc(c6ccc(c2c36)C1=O)c54. The van der Waals surface area contributed by atoms with Gasteiger partial charge in [0.05, 0.1) is 6.61 Å². The molecule has 0 unspecified atom stereocenters. The fraction of sp³-hybridized carbons (Fsp3) is 0.281. The average molecular weight is 508 g/mol. The maximum Gasteiger partial charge on any atom is 0.305 e. The molecule has 0 aliphatic carbocycles. The molecule has 5 aromatic rings. The summed E-state index contributed by atoms with van der Waals surface area (Å²) in [5, 5.41) is 17.2. The minimum atomic E-state index is -0.274. The standard InChI is InChI=1S/C32H29NO5/c34-18-4-1-2-12-27(35)38-19-5-3-17-33-31(36)25-15-13-23-21-10-6-8-20-9-7-11-22(28(20)21)24-14-16-26(32(33)37)30(25)29(23)24/h6-11,13-16,34H,1-5,12,17-19H2. The van der Waals surface area contributed by atoms with Gasteiger partial charge in [-0.1, -0.05) is 55.0 Å². The molecule has 1 N–H and O–H groups in total. The van der Waals surface area contributed by atoms with E-state index in [4.69, 9.17) is 9.84 Å². The van der Waals surface area contributed by atoms with E-state index in [1.165, 1.54) is 15.7 Å². The van der Waals surface area contributed by atoms with Crippen LogP contribution in [0, 0.1) is 0 Å². The van der Waals surface area contributed by atoms with Crippen LogP contribution in [0.25, 0.3) is 43.1 Å². The Morgan fingerprint density at radius 2 is 1.32 bits per heavy atom. The number of imide groups is 1. The van der Waals surface area contributed by atoms with Crippen LogP contribution in [0.5, 0.6) is 0 Å². The second kappa shape index (κ2) is 10.0. The molecule has 0 saturated carbocycles. The van der Waals surface area contributed by atoms with E-state index in [9.17, 15) is 14.4 Å². The molecule has 0 aromatic heterocycles. The third-order valence-corrected chi connectivity index (χ3v) is 7.67. The molecule has 1 aliphatic rings. The van der Waals surface area contributed by atoms with Gasteiger partial charge in [-0.3, -0.25) is 19.3 Å². The lowest BCUT2D eigenvalue weighted by molar-refractivity contribution is -0.143. The molecule has 0 atom stereocenters. The van der Waals surface area contributed by atoms with Crippen LogP contribution < -0.4 is 0 Å². The highest BCUT2D eigenvalue weighted by Crippen LogP contribution is 2.43. The average Bonchev–Trinajstić information content (AvgIpc) is 2.94. The molecule has 2 amide bonds. The number of ether oxygens (including phenoxy) is 1. The minimum Gasteiger partial charge on any atom is -0.466 e. The summed E-state index contributed by atoms with van der Waals surface area (Å²) in [6.07, 6.45) is 3.65. The first-order valence-corrected chi connectivity index (χ1v) is 13.3. The van der Waals surface area contributed by atoms with Crippen molar-refractivity contribution in [2.75, 3.05) is 19.8 Å². The molecule has 0 radical (unpaired) electrons. The predicted molar refractivity (Wildman–Crippen MR) is 149 cm³/mol. The van der Waals surface area contributed by atoms with E-state index in [-0.39, 0.29) is 37.5 Å². The molecule has 0 fully saturated rings. The number of aliphatic hydroxyl groups is 1. The van der Waals surface area contributed by atoms with E-state index in [0.29, 0.717) is 43.2 Å². The fourth-order valence-electron chi connectivity index (χ4n) is 5.86. The van der Waals surface area contributed by atoms with Gasteiger partial charge in [-0.25, -0.2) is 0 Å². The van der Waals surface area contributed by atoms with E-state index in [1.807, 2.05) is 24.3 Å². The topological polar surface area (TPSA) is 83.9 Å². The lowest BCUT2D eigenvalue weighted by atomic mass is 9.85. The molecular formula is C32H29NO5.